The number of ketones is 1. The van der Waals surface area contributed by atoms with Gasteiger partial charge >= 0.3 is 5.97 Å². The van der Waals surface area contributed by atoms with Gasteiger partial charge in [0, 0.05) is 29.7 Å². The van der Waals surface area contributed by atoms with Gasteiger partial charge in [0.2, 0.25) is 0 Å². The van der Waals surface area contributed by atoms with Gasteiger partial charge in [0.25, 0.3) is 5.78 Å². The number of esters is 1. The lowest BCUT2D eigenvalue weighted by Crippen LogP contribution is -2.13. The van der Waals surface area contributed by atoms with Crippen LogP contribution in [0.2, 0.25) is 0 Å². The second-order valence-corrected chi connectivity index (χ2v) is 3.90. The normalized spacial score (nSPS) is 11.2. The molecule has 20 heavy (non-hydrogen) atoms. The van der Waals surface area contributed by atoms with Crippen molar-refractivity contribution in [1.29, 1.82) is 0 Å². The Balaban J connectivity index is 2.20. The molecular formula is C14H12N2O4. The minimum absolute atomic E-state index is 0.294. The summed E-state index contributed by atoms with van der Waals surface area (Å²) < 4.78 is 6.06. The third kappa shape index (κ3) is 2.92. The van der Waals surface area contributed by atoms with Crippen LogP contribution in [0.4, 0.5) is 0 Å². The van der Waals surface area contributed by atoms with Crippen LogP contribution in [0.5, 0.6) is 0 Å². The van der Waals surface area contributed by atoms with Gasteiger partial charge < -0.3 is 14.4 Å². The van der Waals surface area contributed by atoms with Crippen molar-refractivity contribution in [2.75, 3.05) is 7.11 Å². The fourth-order valence-corrected chi connectivity index (χ4v) is 1.58. The van der Waals surface area contributed by atoms with Crippen LogP contribution < -0.4 is 0 Å². The maximum absolute atomic E-state index is 11.3. The summed E-state index contributed by atoms with van der Waals surface area (Å²) >= 11 is 0. The molecule has 2 rings (SSSR count). The number of benzene rings is 1. The number of aromatic nitrogens is 2. The Morgan fingerprint density at radius 3 is 2.55 bits per heavy atom. The Labute approximate surface area is 114 Å². The van der Waals surface area contributed by atoms with Crippen LogP contribution in [0.25, 0.3) is 11.4 Å². The van der Waals surface area contributed by atoms with Crippen molar-refractivity contribution in [3.8, 4) is 5.69 Å². The van der Waals surface area contributed by atoms with Crippen molar-refractivity contribution in [3.05, 3.63) is 54.6 Å². The monoisotopic (exact) mass is 272 g/mol. The van der Waals surface area contributed by atoms with Crippen LogP contribution in [0.3, 0.4) is 0 Å². The van der Waals surface area contributed by atoms with Crippen molar-refractivity contribution >= 4 is 17.5 Å². The molecule has 1 heterocycles. The molecule has 0 radical (unpaired) electrons. The number of aliphatic hydroxyl groups excluding tert-OH is 1. The summed E-state index contributed by atoms with van der Waals surface area (Å²) in [4.78, 5) is 26.2. The van der Waals surface area contributed by atoms with Crippen molar-refractivity contribution in [3.63, 3.8) is 0 Å². The average Bonchev–Trinajstić information content (AvgIpc) is 3.00. The van der Waals surface area contributed by atoms with Crippen LogP contribution in [-0.4, -0.2) is 33.5 Å². The molecule has 6 heteroatoms. The predicted octanol–water partition coefficient (Wildman–Crippen LogP) is 1.51. The number of ether oxygens (including phenoxy) is 1. The molecule has 0 fully saturated rings. The van der Waals surface area contributed by atoms with Crippen LogP contribution >= 0.6 is 0 Å². The summed E-state index contributed by atoms with van der Waals surface area (Å²) in [5.41, 5.74) is 1.28. The molecule has 0 saturated heterocycles. The summed E-state index contributed by atoms with van der Waals surface area (Å²) in [5.74, 6) is -2.23. The Morgan fingerprint density at radius 2 is 2.00 bits per heavy atom. The van der Waals surface area contributed by atoms with E-state index in [1.165, 1.54) is 0 Å². The largest absolute Gasteiger partial charge is 0.507 e. The van der Waals surface area contributed by atoms with E-state index in [1.54, 1.807) is 47.6 Å². The SMILES string of the molecule is COC(=O)C(=O)C=C(O)c1ccc(-n2ccnc2)cc1. The first-order valence-corrected chi connectivity index (χ1v) is 5.73. The lowest BCUT2D eigenvalue weighted by atomic mass is 10.1. The van der Waals surface area contributed by atoms with Crippen LogP contribution in [-0.2, 0) is 14.3 Å². The van der Waals surface area contributed by atoms with E-state index in [9.17, 15) is 14.7 Å². The van der Waals surface area contributed by atoms with E-state index in [1.807, 2.05) is 0 Å². The molecule has 0 aliphatic rings. The van der Waals surface area contributed by atoms with Crippen LogP contribution in [0.1, 0.15) is 5.56 Å². The fourth-order valence-electron chi connectivity index (χ4n) is 1.58. The van der Waals surface area contributed by atoms with Gasteiger partial charge in [-0.3, -0.25) is 4.79 Å². The van der Waals surface area contributed by atoms with E-state index < -0.39 is 11.8 Å². The number of rotatable bonds is 4. The van der Waals surface area contributed by atoms with Gasteiger partial charge in [0.05, 0.1) is 13.4 Å². The maximum Gasteiger partial charge on any atom is 0.378 e. The van der Waals surface area contributed by atoms with E-state index in [4.69, 9.17) is 0 Å². The minimum Gasteiger partial charge on any atom is -0.507 e. The van der Waals surface area contributed by atoms with Crippen LogP contribution in [0.15, 0.2) is 49.1 Å². The summed E-state index contributed by atoms with van der Waals surface area (Å²) in [5, 5.41) is 9.77. The van der Waals surface area contributed by atoms with Crippen molar-refractivity contribution in [1.82, 2.24) is 9.55 Å². The number of hydrogen-bond acceptors (Lipinski definition) is 5. The molecule has 102 valence electrons. The molecule has 1 aromatic carbocycles. The smallest absolute Gasteiger partial charge is 0.378 e. The highest BCUT2D eigenvalue weighted by molar-refractivity contribution is 6.39. The molecule has 0 unspecified atom stereocenters. The van der Waals surface area contributed by atoms with Crippen molar-refractivity contribution in [2.24, 2.45) is 0 Å². The number of imidazole rings is 1. The van der Waals surface area contributed by atoms with Gasteiger partial charge in [-0.15, -0.1) is 0 Å². The predicted molar refractivity (Wildman–Crippen MR) is 71.2 cm³/mol. The average molecular weight is 272 g/mol. The molecule has 0 spiro atoms. The van der Waals surface area contributed by atoms with Crippen molar-refractivity contribution in [2.45, 2.75) is 0 Å². The number of hydrogen-bond donors (Lipinski definition) is 1. The molecule has 0 bridgehead atoms. The zero-order valence-corrected chi connectivity index (χ0v) is 10.7. The maximum atomic E-state index is 11.3. The van der Waals surface area contributed by atoms with Crippen molar-refractivity contribution < 1.29 is 19.4 Å². The topological polar surface area (TPSA) is 81.4 Å². The Kier molecular flexibility index (Phi) is 3.95. The Morgan fingerprint density at radius 1 is 1.30 bits per heavy atom. The third-order valence-corrected chi connectivity index (χ3v) is 2.62. The summed E-state index contributed by atoms with van der Waals surface area (Å²) in [7, 11) is 1.10. The number of aliphatic hydroxyl groups is 1. The molecule has 0 atom stereocenters. The van der Waals surface area contributed by atoms with Gasteiger partial charge in [0.1, 0.15) is 5.76 Å². The summed E-state index contributed by atoms with van der Waals surface area (Å²) in [6, 6.07) is 6.77. The highest BCUT2D eigenvalue weighted by atomic mass is 16.5. The molecule has 0 saturated carbocycles. The standard InChI is InChI=1S/C14H12N2O4/c1-20-14(19)13(18)8-12(17)10-2-4-11(5-3-10)16-7-6-15-9-16/h2-9,17H,1H3. The minimum atomic E-state index is -1.02. The van der Waals surface area contributed by atoms with Gasteiger partial charge in [-0.2, -0.15) is 0 Å². The number of carbonyl (C=O) groups is 2. The van der Waals surface area contributed by atoms with Crippen LogP contribution in [0, 0.1) is 0 Å². The molecule has 0 amide bonds. The highest BCUT2D eigenvalue weighted by Gasteiger charge is 2.12. The Hall–Kier alpha value is -2.89. The first kappa shape index (κ1) is 13.5. The van der Waals surface area contributed by atoms with E-state index in [0.29, 0.717) is 5.56 Å². The summed E-state index contributed by atoms with van der Waals surface area (Å²) in [6.07, 6.45) is 5.91. The van der Waals surface area contributed by atoms with Gasteiger partial charge in [-0.25, -0.2) is 9.78 Å². The molecule has 2 aromatic rings. The van der Waals surface area contributed by atoms with E-state index >= 15 is 0 Å². The van der Waals surface area contributed by atoms with Gasteiger partial charge in [0.15, 0.2) is 0 Å². The molecular weight excluding hydrogens is 260 g/mol. The number of carbonyl (C=O) groups excluding carboxylic acids is 2. The molecule has 0 aliphatic carbocycles. The van der Waals surface area contributed by atoms with E-state index in [2.05, 4.69) is 9.72 Å². The third-order valence-electron chi connectivity index (χ3n) is 2.62. The zero-order valence-electron chi connectivity index (χ0n) is 10.7. The quantitative estimate of drug-likeness (QED) is 0.395. The lowest BCUT2D eigenvalue weighted by Gasteiger charge is -2.04. The fraction of sp³-hybridized carbons (Fsp3) is 0.0714. The zero-order chi connectivity index (χ0) is 14.5. The molecule has 1 N–H and O–H groups in total. The number of methoxy groups -OCH3 is 1. The Bertz CT molecular complexity index is 642. The molecule has 6 nitrogen and oxygen atoms in total. The highest BCUT2D eigenvalue weighted by Crippen LogP contribution is 2.15. The molecule has 0 aliphatic heterocycles. The van der Waals surface area contributed by atoms with Gasteiger partial charge in [-0.05, 0) is 24.3 Å². The van der Waals surface area contributed by atoms with Gasteiger partial charge in [-0.1, -0.05) is 0 Å². The lowest BCUT2D eigenvalue weighted by molar-refractivity contribution is -0.149. The molecule has 1 aromatic heterocycles. The first-order chi connectivity index (χ1) is 9.61. The first-order valence-electron chi connectivity index (χ1n) is 5.73. The second-order valence-electron chi connectivity index (χ2n) is 3.90. The van der Waals surface area contributed by atoms with E-state index in [0.717, 1.165) is 18.9 Å². The second kappa shape index (κ2) is 5.83. The number of nitrogens with zero attached hydrogens (tertiary/aromatic N) is 2. The van der Waals surface area contributed by atoms with E-state index in [-0.39, 0.29) is 5.76 Å². The summed E-state index contributed by atoms with van der Waals surface area (Å²) in [6.45, 7) is 0.